The number of rotatable bonds is 5. The van der Waals surface area contributed by atoms with E-state index < -0.39 is 6.04 Å². The minimum absolute atomic E-state index is 0.190. The van der Waals surface area contributed by atoms with Crippen LogP contribution in [0.25, 0.3) is 0 Å². The van der Waals surface area contributed by atoms with E-state index in [2.05, 4.69) is 5.32 Å². The van der Waals surface area contributed by atoms with E-state index in [1.165, 1.54) is 16.7 Å². The smallest absolute Gasteiger partial charge is 0.261 e. The Kier molecular flexibility index (Phi) is 6.22. The Morgan fingerprint density at radius 2 is 2.00 bits per heavy atom. The zero-order valence-corrected chi connectivity index (χ0v) is 15.8. The van der Waals surface area contributed by atoms with Gasteiger partial charge in [0, 0.05) is 11.4 Å². The molecule has 1 unspecified atom stereocenters. The van der Waals surface area contributed by atoms with E-state index in [0.717, 1.165) is 0 Å². The number of hydrogen-bond acceptors (Lipinski definition) is 5. The molecule has 3 rings (SSSR count). The van der Waals surface area contributed by atoms with Gasteiger partial charge >= 0.3 is 0 Å². The van der Waals surface area contributed by atoms with Crippen LogP contribution in [0, 0.1) is 11.3 Å². The summed E-state index contributed by atoms with van der Waals surface area (Å²) in [4.78, 5) is 26.6. The maximum Gasteiger partial charge on any atom is 0.261 e. The molecule has 0 radical (unpaired) electrons. The predicted molar refractivity (Wildman–Crippen MR) is 105 cm³/mol. The summed E-state index contributed by atoms with van der Waals surface area (Å²) < 4.78 is 5.49. The van der Waals surface area contributed by atoms with Crippen molar-refractivity contribution in [2.75, 3.05) is 23.6 Å². The van der Waals surface area contributed by atoms with Crippen LogP contribution in [0.2, 0.25) is 5.02 Å². The number of nitrogens with one attached hydrogen (secondary N) is 1. The molecule has 0 bridgehead atoms. The van der Waals surface area contributed by atoms with Crippen LogP contribution in [0.1, 0.15) is 5.56 Å². The molecule has 138 valence electrons. The highest BCUT2D eigenvalue weighted by Crippen LogP contribution is 2.25. The lowest BCUT2D eigenvalue weighted by atomic mass is 10.2. The van der Waals surface area contributed by atoms with Crippen LogP contribution in [-0.2, 0) is 9.59 Å². The standard InChI is InChI=1S/C19H16ClN3O3S/c20-15-3-1-2-4-17(15)26-10-18(24)23-12-27-11-16(23)19(25)22-14-7-5-13(9-21)6-8-14/h1-8,16H,10-12H2,(H,22,25). The highest BCUT2D eigenvalue weighted by atomic mass is 35.5. The molecule has 2 amide bonds. The molecule has 2 aromatic carbocycles. The first-order chi connectivity index (χ1) is 13.1. The summed E-state index contributed by atoms with van der Waals surface area (Å²) >= 11 is 7.53. The number of halogens is 1. The van der Waals surface area contributed by atoms with Crippen molar-refractivity contribution in [3.63, 3.8) is 0 Å². The molecule has 27 heavy (non-hydrogen) atoms. The monoisotopic (exact) mass is 401 g/mol. The van der Waals surface area contributed by atoms with Gasteiger partial charge in [0.2, 0.25) is 5.91 Å². The largest absolute Gasteiger partial charge is 0.482 e. The van der Waals surface area contributed by atoms with Gasteiger partial charge in [0.15, 0.2) is 6.61 Å². The lowest BCUT2D eigenvalue weighted by Crippen LogP contribution is -2.46. The molecule has 1 aliphatic heterocycles. The van der Waals surface area contributed by atoms with Crippen LogP contribution in [0.4, 0.5) is 5.69 Å². The molecular formula is C19H16ClN3O3S. The van der Waals surface area contributed by atoms with E-state index in [-0.39, 0.29) is 18.4 Å². The van der Waals surface area contributed by atoms with Crippen molar-refractivity contribution < 1.29 is 14.3 Å². The maximum atomic E-state index is 12.6. The number of para-hydroxylation sites is 1. The molecule has 2 aromatic rings. The Bertz CT molecular complexity index is 883. The Morgan fingerprint density at radius 3 is 2.70 bits per heavy atom. The summed E-state index contributed by atoms with van der Waals surface area (Å²) in [5.41, 5.74) is 1.09. The van der Waals surface area contributed by atoms with Gasteiger partial charge in [-0.3, -0.25) is 9.59 Å². The zero-order valence-electron chi connectivity index (χ0n) is 14.2. The molecule has 0 aliphatic carbocycles. The highest BCUT2D eigenvalue weighted by Gasteiger charge is 2.34. The Hall–Kier alpha value is -2.69. The van der Waals surface area contributed by atoms with Crippen LogP contribution >= 0.6 is 23.4 Å². The Labute approximate surface area is 166 Å². The third-order valence-corrected chi connectivity index (χ3v) is 5.30. The lowest BCUT2D eigenvalue weighted by Gasteiger charge is -2.23. The van der Waals surface area contributed by atoms with Gasteiger partial charge in [-0.15, -0.1) is 11.8 Å². The number of carbonyl (C=O) groups excluding carboxylic acids is 2. The normalized spacial score (nSPS) is 15.9. The minimum Gasteiger partial charge on any atom is -0.482 e. The molecule has 0 spiro atoms. The van der Waals surface area contributed by atoms with Gasteiger partial charge < -0.3 is 15.0 Å². The van der Waals surface area contributed by atoms with Gasteiger partial charge in [0.05, 0.1) is 22.5 Å². The van der Waals surface area contributed by atoms with Crippen molar-refractivity contribution in [2.45, 2.75) is 6.04 Å². The van der Waals surface area contributed by atoms with Crippen LogP contribution in [0.5, 0.6) is 5.75 Å². The van der Waals surface area contributed by atoms with Crippen LogP contribution in [-0.4, -0.2) is 41.0 Å². The number of ether oxygens (including phenoxy) is 1. The third kappa shape index (κ3) is 4.73. The molecule has 1 aliphatic rings. The van der Waals surface area contributed by atoms with Crippen LogP contribution < -0.4 is 10.1 Å². The molecule has 0 saturated carbocycles. The minimum atomic E-state index is -0.576. The van der Waals surface area contributed by atoms with E-state index >= 15 is 0 Å². The van der Waals surface area contributed by atoms with Crippen molar-refractivity contribution >= 4 is 40.9 Å². The summed E-state index contributed by atoms with van der Waals surface area (Å²) in [5, 5.41) is 12.0. The molecule has 6 nitrogen and oxygen atoms in total. The highest BCUT2D eigenvalue weighted by molar-refractivity contribution is 7.99. The van der Waals surface area contributed by atoms with Gasteiger partial charge in [-0.05, 0) is 36.4 Å². The molecular weight excluding hydrogens is 386 g/mol. The van der Waals surface area contributed by atoms with Gasteiger partial charge in [0.25, 0.3) is 5.91 Å². The van der Waals surface area contributed by atoms with Crippen LogP contribution in [0.3, 0.4) is 0 Å². The van der Waals surface area contributed by atoms with Crippen LogP contribution in [0.15, 0.2) is 48.5 Å². The first kappa shape index (κ1) is 19.1. The molecule has 1 N–H and O–H groups in total. The number of nitrogens with zero attached hydrogens (tertiary/aromatic N) is 2. The lowest BCUT2D eigenvalue weighted by molar-refractivity contribution is -0.137. The van der Waals surface area contributed by atoms with E-state index in [0.29, 0.717) is 33.7 Å². The molecule has 1 atom stereocenters. The number of nitriles is 1. The fourth-order valence-electron chi connectivity index (χ4n) is 2.54. The fraction of sp³-hybridized carbons (Fsp3) is 0.211. The van der Waals surface area contributed by atoms with Gasteiger partial charge in [-0.2, -0.15) is 5.26 Å². The average Bonchev–Trinajstić information content (AvgIpc) is 3.18. The van der Waals surface area contributed by atoms with Crippen molar-refractivity contribution in [1.82, 2.24) is 4.90 Å². The number of amides is 2. The number of thioether (sulfide) groups is 1. The summed E-state index contributed by atoms with van der Waals surface area (Å²) in [5.74, 6) is 0.824. The van der Waals surface area contributed by atoms with E-state index in [1.807, 2.05) is 6.07 Å². The second-order valence-electron chi connectivity index (χ2n) is 5.78. The zero-order chi connectivity index (χ0) is 19.2. The molecule has 0 aromatic heterocycles. The number of benzene rings is 2. The summed E-state index contributed by atoms with van der Waals surface area (Å²) in [7, 11) is 0. The summed E-state index contributed by atoms with van der Waals surface area (Å²) in [6.45, 7) is -0.190. The van der Waals surface area contributed by atoms with E-state index in [1.54, 1.807) is 48.5 Å². The molecule has 8 heteroatoms. The second-order valence-corrected chi connectivity index (χ2v) is 7.18. The van der Waals surface area contributed by atoms with Gasteiger partial charge in [-0.1, -0.05) is 23.7 Å². The summed E-state index contributed by atoms with van der Waals surface area (Å²) in [6.07, 6.45) is 0. The molecule has 1 heterocycles. The van der Waals surface area contributed by atoms with Gasteiger partial charge in [0.1, 0.15) is 11.8 Å². The second kappa shape index (κ2) is 8.80. The summed E-state index contributed by atoms with van der Waals surface area (Å²) in [6, 6.07) is 14.9. The van der Waals surface area contributed by atoms with Crippen molar-refractivity contribution in [3.05, 3.63) is 59.1 Å². The number of hydrogen-bond donors (Lipinski definition) is 1. The van der Waals surface area contributed by atoms with Crippen molar-refractivity contribution in [2.24, 2.45) is 0 Å². The van der Waals surface area contributed by atoms with Gasteiger partial charge in [-0.25, -0.2) is 0 Å². The van der Waals surface area contributed by atoms with E-state index in [9.17, 15) is 9.59 Å². The number of carbonyl (C=O) groups is 2. The fourth-order valence-corrected chi connectivity index (χ4v) is 3.91. The SMILES string of the molecule is N#Cc1ccc(NC(=O)C2CSCN2C(=O)COc2ccccc2Cl)cc1. The molecule has 1 saturated heterocycles. The van der Waals surface area contributed by atoms with Crippen molar-refractivity contribution in [3.8, 4) is 11.8 Å². The first-order valence-electron chi connectivity index (χ1n) is 8.14. The Balaban J connectivity index is 1.60. The first-order valence-corrected chi connectivity index (χ1v) is 9.67. The predicted octanol–water partition coefficient (Wildman–Crippen LogP) is 3.13. The molecule has 1 fully saturated rings. The number of anilines is 1. The topological polar surface area (TPSA) is 82.4 Å². The van der Waals surface area contributed by atoms with E-state index in [4.69, 9.17) is 21.6 Å². The average molecular weight is 402 g/mol. The third-order valence-electron chi connectivity index (χ3n) is 3.97. The Morgan fingerprint density at radius 1 is 1.26 bits per heavy atom. The quantitative estimate of drug-likeness (QED) is 0.832. The maximum absolute atomic E-state index is 12.6. The van der Waals surface area contributed by atoms with Crippen molar-refractivity contribution in [1.29, 1.82) is 5.26 Å².